The van der Waals surface area contributed by atoms with Crippen molar-refractivity contribution >= 4 is 0 Å². The first-order chi connectivity index (χ1) is 9.19. The Morgan fingerprint density at radius 1 is 1.21 bits per heavy atom. The van der Waals surface area contributed by atoms with E-state index in [-0.39, 0.29) is 0 Å². The number of rotatable bonds is 5. The molecular formula is C16H25NO2. The quantitative estimate of drug-likeness (QED) is 0.858. The predicted molar refractivity (Wildman–Crippen MR) is 77.4 cm³/mol. The normalized spacial score (nSPS) is 25.0. The van der Waals surface area contributed by atoms with Gasteiger partial charge in [0.1, 0.15) is 5.75 Å². The molecule has 2 rings (SSSR count). The monoisotopic (exact) mass is 263 g/mol. The molecule has 106 valence electrons. The standard InChI is InChI=1S/C16H25NO2/c1-12-3-7-14(8-4-12)17-11-16(18)13-5-9-15(19-2)10-6-13/h5-6,9-10,12,14,16-18H,3-4,7-8,11H2,1-2H3. The molecule has 0 heterocycles. The lowest BCUT2D eigenvalue weighted by molar-refractivity contribution is 0.163. The second-order valence-corrected chi connectivity index (χ2v) is 5.65. The molecule has 3 nitrogen and oxygen atoms in total. The summed E-state index contributed by atoms with van der Waals surface area (Å²) in [6, 6.07) is 8.20. The van der Waals surface area contributed by atoms with Gasteiger partial charge >= 0.3 is 0 Å². The molecule has 0 amide bonds. The molecule has 1 aromatic rings. The van der Waals surface area contributed by atoms with E-state index in [0.29, 0.717) is 12.6 Å². The topological polar surface area (TPSA) is 41.5 Å². The van der Waals surface area contributed by atoms with Gasteiger partial charge in [-0.25, -0.2) is 0 Å². The highest BCUT2D eigenvalue weighted by molar-refractivity contribution is 5.28. The minimum Gasteiger partial charge on any atom is -0.497 e. The van der Waals surface area contributed by atoms with Crippen molar-refractivity contribution in [2.24, 2.45) is 5.92 Å². The summed E-state index contributed by atoms with van der Waals surface area (Å²) in [5, 5.41) is 13.7. The van der Waals surface area contributed by atoms with E-state index in [1.807, 2.05) is 24.3 Å². The highest BCUT2D eigenvalue weighted by Crippen LogP contribution is 2.24. The van der Waals surface area contributed by atoms with Crippen molar-refractivity contribution in [1.29, 1.82) is 0 Å². The fourth-order valence-electron chi connectivity index (χ4n) is 2.69. The molecule has 1 aromatic carbocycles. The fraction of sp³-hybridized carbons (Fsp3) is 0.625. The van der Waals surface area contributed by atoms with E-state index >= 15 is 0 Å². The van der Waals surface area contributed by atoms with E-state index in [4.69, 9.17) is 4.74 Å². The van der Waals surface area contributed by atoms with Crippen LogP contribution in [0.1, 0.15) is 44.3 Å². The number of methoxy groups -OCH3 is 1. The SMILES string of the molecule is COc1ccc(C(O)CNC2CCC(C)CC2)cc1. The van der Waals surface area contributed by atoms with Crippen molar-refractivity contribution < 1.29 is 9.84 Å². The van der Waals surface area contributed by atoms with Crippen LogP contribution in [0.4, 0.5) is 0 Å². The first-order valence-corrected chi connectivity index (χ1v) is 7.24. The number of ether oxygens (including phenoxy) is 1. The highest BCUT2D eigenvalue weighted by atomic mass is 16.5. The summed E-state index contributed by atoms with van der Waals surface area (Å²) >= 11 is 0. The molecular weight excluding hydrogens is 238 g/mol. The zero-order chi connectivity index (χ0) is 13.7. The Morgan fingerprint density at radius 3 is 2.42 bits per heavy atom. The zero-order valence-electron chi connectivity index (χ0n) is 11.9. The second-order valence-electron chi connectivity index (χ2n) is 5.65. The maximum absolute atomic E-state index is 10.2. The van der Waals surface area contributed by atoms with Crippen LogP contribution < -0.4 is 10.1 Å². The highest BCUT2D eigenvalue weighted by Gasteiger charge is 2.18. The first-order valence-electron chi connectivity index (χ1n) is 7.24. The zero-order valence-corrected chi connectivity index (χ0v) is 11.9. The van der Waals surface area contributed by atoms with Crippen LogP contribution in [0.3, 0.4) is 0 Å². The van der Waals surface area contributed by atoms with Crippen molar-refractivity contribution in [2.75, 3.05) is 13.7 Å². The average Bonchev–Trinajstić information content (AvgIpc) is 2.46. The molecule has 1 aliphatic rings. The van der Waals surface area contributed by atoms with E-state index in [2.05, 4.69) is 12.2 Å². The molecule has 1 atom stereocenters. The summed E-state index contributed by atoms with van der Waals surface area (Å²) in [5.74, 6) is 1.69. The van der Waals surface area contributed by atoms with Gasteiger partial charge in [0.05, 0.1) is 13.2 Å². The molecule has 19 heavy (non-hydrogen) atoms. The van der Waals surface area contributed by atoms with Crippen LogP contribution in [0.2, 0.25) is 0 Å². The van der Waals surface area contributed by atoms with Crippen molar-refractivity contribution in [2.45, 2.75) is 44.8 Å². The number of aliphatic hydroxyl groups excluding tert-OH is 1. The lowest BCUT2D eigenvalue weighted by atomic mass is 9.87. The predicted octanol–water partition coefficient (Wildman–Crippen LogP) is 2.90. The van der Waals surface area contributed by atoms with E-state index in [1.165, 1.54) is 25.7 Å². The number of aliphatic hydroxyl groups is 1. The van der Waals surface area contributed by atoms with E-state index in [0.717, 1.165) is 17.2 Å². The second kappa shape index (κ2) is 6.92. The summed E-state index contributed by atoms with van der Waals surface area (Å²) in [7, 11) is 1.65. The molecule has 0 aliphatic heterocycles. The molecule has 0 bridgehead atoms. The van der Waals surface area contributed by atoms with E-state index in [9.17, 15) is 5.11 Å². The van der Waals surface area contributed by atoms with Crippen LogP contribution in [0.15, 0.2) is 24.3 Å². The fourth-order valence-corrected chi connectivity index (χ4v) is 2.69. The Morgan fingerprint density at radius 2 is 1.84 bits per heavy atom. The summed E-state index contributed by atoms with van der Waals surface area (Å²) in [4.78, 5) is 0. The van der Waals surface area contributed by atoms with Crippen molar-refractivity contribution in [3.8, 4) is 5.75 Å². The summed E-state index contributed by atoms with van der Waals surface area (Å²) in [5.41, 5.74) is 0.942. The number of hydrogen-bond donors (Lipinski definition) is 2. The lowest BCUT2D eigenvalue weighted by Gasteiger charge is -2.28. The third-order valence-corrected chi connectivity index (χ3v) is 4.12. The minimum absolute atomic E-state index is 0.440. The molecule has 1 aliphatic carbocycles. The van der Waals surface area contributed by atoms with Crippen LogP contribution in [0.25, 0.3) is 0 Å². The van der Waals surface area contributed by atoms with Crippen molar-refractivity contribution in [3.63, 3.8) is 0 Å². The maximum atomic E-state index is 10.2. The third kappa shape index (κ3) is 4.22. The summed E-state index contributed by atoms with van der Waals surface area (Å²) in [6.07, 6.45) is 4.63. The Labute approximate surface area is 116 Å². The van der Waals surface area contributed by atoms with Gasteiger partial charge in [0.15, 0.2) is 0 Å². The molecule has 3 heteroatoms. The summed E-state index contributed by atoms with van der Waals surface area (Å²) in [6.45, 7) is 2.95. The Hall–Kier alpha value is -1.06. The van der Waals surface area contributed by atoms with Crippen LogP contribution in [0.5, 0.6) is 5.75 Å². The van der Waals surface area contributed by atoms with Gasteiger partial charge in [0.25, 0.3) is 0 Å². The molecule has 0 spiro atoms. The molecule has 1 fully saturated rings. The van der Waals surface area contributed by atoms with Crippen molar-refractivity contribution in [3.05, 3.63) is 29.8 Å². The largest absolute Gasteiger partial charge is 0.497 e. The van der Waals surface area contributed by atoms with Gasteiger partial charge in [-0.2, -0.15) is 0 Å². The van der Waals surface area contributed by atoms with Crippen LogP contribution in [-0.2, 0) is 0 Å². The Bertz CT molecular complexity index is 369. The van der Waals surface area contributed by atoms with Crippen LogP contribution in [0, 0.1) is 5.92 Å². The van der Waals surface area contributed by atoms with Gasteiger partial charge in [0.2, 0.25) is 0 Å². The smallest absolute Gasteiger partial charge is 0.118 e. The van der Waals surface area contributed by atoms with Gasteiger partial charge < -0.3 is 15.2 Å². The molecule has 0 saturated heterocycles. The maximum Gasteiger partial charge on any atom is 0.118 e. The van der Waals surface area contributed by atoms with Gasteiger partial charge in [-0.1, -0.05) is 19.1 Å². The van der Waals surface area contributed by atoms with E-state index in [1.54, 1.807) is 7.11 Å². The van der Waals surface area contributed by atoms with Gasteiger partial charge in [0, 0.05) is 12.6 Å². The minimum atomic E-state index is -0.440. The van der Waals surface area contributed by atoms with Crippen LogP contribution >= 0.6 is 0 Å². The van der Waals surface area contributed by atoms with Gasteiger partial charge in [-0.05, 0) is 49.3 Å². The number of benzene rings is 1. The number of nitrogens with one attached hydrogen (secondary N) is 1. The first kappa shape index (κ1) is 14.4. The van der Waals surface area contributed by atoms with Gasteiger partial charge in [-0.3, -0.25) is 0 Å². The third-order valence-electron chi connectivity index (χ3n) is 4.12. The molecule has 1 unspecified atom stereocenters. The summed E-state index contributed by atoms with van der Waals surface area (Å²) < 4.78 is 5.12. The Kier molecular flexibility index (Phi) is 5.23. The lowest BCUT2D eigenvalue weighted by Crippen LogP contribution is -2.35. The molecule has 1 saturated carbocycles. The average molecular weight is 263 g/mol. The molecule has 2 N–H and O–H groups in total. The van der Waals surface area contributed by atoms with Gasteiger partial charge in [-0.15, -0.1) is 0 Å². The molecule has 0 aromatic heterocycles. The van der Waals surface area contributed by atoms with E-state index < -0.39 is 6.10 Å². The Balaban J connectivity index is 1.78. The molecule has 0 radical (unpaired) electrons. The number of hydrogen-bond acceptors (Lipinski definition) is 3. The van der Waals surface area contributed by atoms with Crippen molar-refractivity contribution in [1.82, 2.24) is 5.32 Å². The van der Waals surface area contributed by atoms with Crippen LogP contribution in [-0.4, -0.2) is 24.8 Å².